The van der Waals surface area contributed by atoms with E-state index in [0.29, 0.717) is 12.0 Å². The van der Waals surface area contributed by atoms with Gasteiger partial charge in [0, 0.05) is 41.9 Å². The molecule has 2 atom stereocenters. The Hall–Kier alpha value is -1.73. The van der Waals surface area contributed by atoms with Gasteiger partial charge >= 0.3 is 0 Å². The summed E-state index contributed by atoms with van der Waals surface area (Å²) in [7, 11) is 0. The number of nitrogens with zero attached hydrogens (tertiary/aromatic N) is 2. The topological polar surface area (TPSA) is 6.48 Å². The normalized spacial score (nSPS) is 23.6. The summed E-state index contributed by atoms with van der Waals surface area (Å²) in [6.45, 7) is 6.03. The van der Waals surface area contributed by atoms with Gasteiger partial charge in [0.05, 0.1) is 0 Å². The van der Waals surface area contributed by atoms with Crippen LogP contribution in [0.2, 0.25) is 0 Å². The van der Waals surface area contributed by atoms with Crippen molar-refractivity contribution in [3.63, 3.8) is 0 Å². The number of hydrogen-bond acceptors (Lipinski definition) is 3. The van der Waals surface area contributed by atoms with Crippen LogP contribution in [-0.2, 0) is 0 Å². The van der Waals surface area contributed by atoms with E-state index in [9.17, 15) is 0 Å². The van der Waals surface area contributed by atoms with Crippen LogP contribution in [-0.4, -0.2) is 48.8 Å². The Morgan fingerprint density at radius 1 is 0.935 bits per heavy atom. The lowest BCUT2D eigenvalue weighted by Crippen LogP contribution is -2.34. The predicted octanol–water partition coefficient (Wildman–Crippen LogP) is 5.92. The molecule has 0 saturated carbocycles. The minimum atomic E-state index is 0.473. The third-order valence-electron chi connectivity index (χ3n) is 7.35. The van der Waals surface area contributed by atoms with Gasteiger partial charge in [0.1, 0.15) is 0 Å². The molecular formula is C28H34N2S. The molecule has 3 aliphatic heterocycles. The van der Waals surface area contributed by atoms with E-state index in [4.69, 9.17) is 0 Å². The number of benzene rings is 2. The smallest absolute Gasteiger partial charge is 0.0352 e. The largest absolute Gasteiger partial charge is 0.302 e. The number of fused-ring (bicyclic) bond motifs is 3. The van der Waals surface area contributed by atoms with Crippen LogP contribution in [0.3, 0.4) is 0 Å². The summed E-state index contributed by atoms with van der Waals surface area (Å²) in [4.78, 5) is 6.63. The summed E-state index contributed by atoms with van der Waals surface area (Å²) in [6.07, 6.45) is 9.85. The summed E-state index contributed by atoms with van der Waals surface area (Å²) < 4.78 is 0. The SMILES string of the molecule is CSc1ccc([C@H]2CN3CCC[C@@H]3c3cc(C#CCCN4CCCCC4)ccc32)cc1. The molecule has 0 aromatic heterocycles. The second kappa shape index (κ2) is 9.82. The van der Waals surface area contributed by atoms with Crippen LogP contribution in [0.5, 0.6) is 0 Å². The van der Waals surface area contributed by atoms with Crippen LogP contribution in [0.15, 0.2) is 47.4 Å². The lowest BCUT2D eigenvalue weighted by molar-refractivity contribution is 0.230. The van der Waals surface area contributed by atoms with Gasteiger partial charge in [-0.15, -0.1) is 11.8 Å². The van der Waals surface area contributed by atoms with Crippen LogP contribution in [0.25, 0.3) is 0 Å². The number of thioether (sulfide) groups is 1. The van der Waals surface area contributed by atoms with Crippen molar-refractivity contribution in [2.24, 2.45) is 0 Å². The maximum absolute atomic E-state index is 3.49. The van der Waals surface area contributed by atoms with E-state index in [1.54, 1.807) is 0 Å². The first-order chi connectivity index (χ1) is 15.3. The highest BCUT2D eigenvalue weighted by Crippen LogP contribution is 2.44. The molecular weight excluding hydrogens is 396 g/mol. The van der Waals surface area contributed by atoms with E-state index in [1.807, 2.05) is 11.8 Å². The van der Waals surface area contributed by atoms with Crippen molar-refractivity contribution in [3.05, 3.63) is 64.7 Å². The Balaban J connectivity index is 1.36. The van der Waals surface area contributed by atoms with Crippen molar-refractivity contribution in [1.29, 1.82) is 0 Å². The van der Waals surface area contributed by atoms with Gasteiger partial charge in [0.2, 0.25) is 0 Å². The molecule has 2 aromatic rings. The van der Waals surface area contributed by atoms with Gasteiger partial charge in [-0.05, 0) is 92.5 Å². The van der Waals surface area contributed by atoms with Gasteiger partial charge < -0.3 is 4.90 Å². The summed E-state index contributed by atoms with van der Waals surface area (Å²) in [5.41, 5.74) is 5.71. The van der Waals surface area contributed by atoms with Crippen molar-refractivity contribution in [2.75, 3.05) is 39.0 Å². The highest BCUT2D eigenvalue weighted by atomic mass is 32.2. The minimum Gasteiger partial charge on any atom is -0.302 e. The van der Waals surface area contributed by atoms with E-state index in [-0.39, 0.29) is 0 Å². The maximum atomic E-state index is 3.49. The number of piperidine rings is 1. The molecule has 0 N–H and O–H groups in total. The molecule has 3 aliphatic rings. The fourth-order valence-corrected chi connectivity index (χ4v) is 6.08. The molecule has 162 valence electrons. The molecule has 0 bridgehead atoms. The van der Waals surface area contributed by atoms with Crippen LogP contribution in [0.1, 0.15) is 72.7 Å². The summed E-state index contributed by atoms with van der Waals surface area (Å²) in [5.74, 6) is 7.42. The zero-order valence-electron chi connectivity index (χ0n) is 18.8. The Bertz CT molecular complexity index is 949. The highest BCUT2D eigenvalue weighted by Gasteiger charge is 2.36. The molecule has 31 heavy (non-hydrogen) atoms. The van der Waals surface area contributed by atoms with Crippen molar-refractivity contribution >= 4 is 11.8 Å². The first-order valence-corrected chi connectivity index (χ1v) is 13.3. The second-order valence-corrected chi connectivity index (χ2v) is 10.2. The van der Waals surface area contributed by atoms with Crippen LogP contribution in [0, 0.1) is 11.8 Å². The molecule has 0 unspecified atom stereocenters. The molecule has 0 spiro atoms. The Labute approximate surface area is 192 Å². The molecule has 0 radical (unpaired) electrons. The van der Waals surface area contributed by atoms with Crippen molar-refractivity contribution in [3.8, 4) is 11.8 Å². The van der Waals surface area contributed by atoms with Gasteiger partial charge in [0.15, 0.2) is 0 Å². The first kappa shape index (κ1) is 21.1. The van der Waals surface area contributed by atoms with E-state index in [1.165, 1.54) is 78.9 Å². The summed E-state index contributed by atoms with van der Waals surface area (Å²) in [6, 6.07) is 16.9. The summed E-state index contributed by atoms with van der Waals surface area (Å²) >= 11 is 1.82. The van der Waals surface area contributed by atoms with Crippen molar-refractivity contribution in [2.45, 2.75) is 55.4 Å². The third-order valence-corrected chi connectivity index (χ3v) is 8.10. The number of rotatable bonds is 4. The molecule has 0 aliphatic carbocycles. The zero-order valence-corrected chi connectivity index (χ0v) is 19.6. The predicted molar refractivity (Wildman–Crippen MR) is 132 cm³/mol. The van der Waals surface area contributed by atoms with E-state index < -0.39 is 0 Å². The quantitative estimate of drug-likeness (QED) is 0.439. The zero-order chi connectivity index (χ0) is 21.0. The molecule has 5 rings (SSSR count). The molecule has 2 nitrogen and oxygen atoms in total. The highest BCUT2D eigenvalue weighted by molar-refractivity contribution is 7.98. The lowest BCUT2D eigenvalue weighted by Gasteiger charge is -2.37. The number of hydrogen-bond donors (Lipinski definition) is 0. The number of likely N-dealkylation sites (tertiary alicyclic amines) is 1. The van der Waals surface area contributed by atoms with Crippen molar-refractivity contribution < 1.29 is 0 Å². The van der Waals surface area contributed by atoms with Gasteiger partial charge in [-0.25, -0.2) is 0 Å². The third kappa shape index (κ3) is 4.72. The molecule has 3 heteroatoms. The Kier molecular flexibility index (Phi) is 6.69. The monoisotopic (exact) mass is 430 g/mol. The fraction of sp³-hybridized carbons (Fsp3) is 0.500. The van der Waals surface area contributed by atoms with Gasteiger partial charge in [-0.3, -0.25) is 4.90 Å². The average Bonchev–Trinajstić information content (AvgIpc) is 3.31. The van der Waals surface area contributed by atoms with Gasteiger partial charge in [0.25, 0.3) is 0 Å². The first-order valence-electron chi connectivity index (χ1n) is 12.0. The Morgan fingerprint density at radius 2 is 1.77 bits per heavy atom. The Morgan fingerprint density at radius 3 is 2.58 bits per heavy atom. The standard InChI is InChI=1S/C28H34N2S/c1-31-24-13-11-23(12-14-24)27-21-30-19-7-9-28(30)26-20-22(10-15-25(26)27)8-3-6-18-29-16-4-2-5-17-29/h10-15,20,27-28H,2,4-7,9,16-19,21H2,1H3/t27-,28-/m1/s1. The van der Waals surface area contributed by atoms with Crippen LogP contribution in [0.4, 0.5) is 0 Å². The summed E-state index contributed by atoms with van der Waals surface area (Å²) in [5, 5.41) is 0. The fourth-order valence-electron chi connectivity index (χ4n) is 5.67. The molecule has 3 heterocycles. The average molecular weight is 431 g/mol. The van der Waals surface area contributed by atoms with Crippen molar-refractivity contribution in [1.82, 2.24) is 9.80 Å². The van der Waals surface area contributed by atoms with E-state index >= 15 is 0 Å². The molecule has 2 saturated heterocycles. The van der Waals surface area contributed by atoms with Gasteiger partial charge in [-0.1, -0.05) is 36.5 Å². The lowest BCUT2D eigenvalue weighted by atomic mass is 9.81. The molecule has 2 aromatic carbocycles. The second-order valence-electron chi connectivity index (χ2n) is 9.28. The van der Waals surface area contributed by atoms with Crippen LogP contribution < -0.4 is 0 Å². The van der Waals surface area contributed by atoms with E-state index in [0.717, 1.165) is 19.5 Å². The van der Waals surface area contributed by atoms with Crippen LogP contribution >= 0.6 is 11.8 Å². The van der Waals surface area contributed by atoms with E-state index in [2.05, 4.69) is 70.4 Å². The molecule has 0 amide bonds. The van der Waals surface area contributed by atoms with Gasteiger partial charge in [-0.2, -0.15) is 0 Å². The molecule has 2 fully saturated rings. The maximum Gasteiger partial charge on any atom is 0.0352 e. The minimum absolute atomic E-state index is 0.473.